The van der Waals surface area contributed by atoms with Crippen molar-refractivity contribution in [1.82, 2.24) is 5.32 Å². The number of aryl methyl sites for hydroxylation is 1. The molecular weight excluding hydrogens is 298 g/mol. The number of nitrogens with one attached hydrogen (secondary N) is 1. The van der Waals surface area contributed by atoms with E-state index in [9.17, 15) is 13.2 Å². The Morgan fingerprint density at radius 2 is 1.86 bits per heavy atom. The summed E-state index contributed by atoms with van der Waals surface area (Å²) in [6, 6.07) is 8.15. The van der Waals surface area contributed by atoms with Crippen LogP contribution in [0.2, 0.25) is 0 Å². The molecule has 1 saturated heterocycles. The number of rotatable bonds is 4. The molecule has 120 valence electrons. The molecule has 1 aromatic carbocycles. The molecule has 1 N–H and O–H groups in total. The molecule has 1 aliphatic carbocycles. The monoisotopic (exact) mass is 321 g/mol. The lowest BCUT2D eigenvalue weighted by molar-refractivity contribution is -0.123. The first-order valence-corrected chi connectivity index (χ1v) is 9.83. The summed E-state index contributed by atoms with van der Waals surface area (Å²) in [6.45, 7) is 2.67. The molecular formula is C17H23NO3S. The Labute approximate surface area is 132 Å². The van der Waals surface area contributed by atoms with Gasteiger partial charge in [0.2, 0.25) is 5.91 Å². The van der Waals surface area contributed by atoms with Gasteiger partial charge in [0.1, 0.15) is 9.84 Å². The summed E-state index contributed by atoms with van der Waals surface area (Å²) in [4.78, 5) is 12.4. The third kappa shape index (κ3) is 3.05. The van der Waals surface area contributed by atoms with E-state index in [0.29, 0.717) is 19.4 Å². The molecule has 1 amide bonds. The van der Waals surface area contributed by atoms with Crippen molar-refractivity contribution in [2.45, 2.75) is 39.2 Å². The number of benzene rings is 1. The van der Waals surface area contributed by atoms with Gasteiger partial charge in [0, 0.05) is 12.5 Å². The van der Waals surface area contributed by atoms with Crippen molar-refractivity contribution in [3.8, 4) is 0 Å². The molecule has 2 fully saturated rings. The van der Waals surface area contributed by atoms with Crippen LogP contribution in [-0.4, -0.2) is 25.8 Å². The van der Waals surface area contributed by atoms with E-state index in [4.69, 9.17) is 0 Å². The fourth-order valence-electron chi connectivity index (χ4n) is 3.60. The molecule has 5 heteroatoms. The van der Waals surface area contributed by atoms with Gasteiger partial charge in [-0.05, 0) is 42.2 Å². The average Bonchev–Trinajstić information content (AvgIpc) is 3.23. The summed E-state index contributed by atoms with van der Waals surface area (Å²) in [5.41, 5.74) is 2.40. The third-order valence-corrected chi connectivity index (χ3v) is 6.93. The molecule has 3 rings (SSSR count). The zero-order valence-electron chi connectivity index (χ0n) is 13.0. The van der Waals surface area contributed by atoms with Crippen LogP contribution in [0.3, 0.4) is 0 Å². The van der Waals surface area contributed by atoms with Crippen molar-refractivity contribution in [1.29, 1.82) is 0 Å². The van der Waals surface area contributed by atoms with E-state index in [1.807, 2.05) is 12.1 Å². The van der Waals surface area contributed by atoms with Gasteiger partial charge in [0.05, 0.1) is 11.5 Å². The maximum Gasteiger partial charge on any atom is 0.223 e. The second kappa shape index (κ2) is 5.69. The second-order valence-corrected chi connectivity index (χ2v) is 8.91. The van der Waals surface area contributed by atoms with Crippen molar-refractivity contribution in [3.05, 3.63) is 35.4 Å². The lowest BCUT2D eigenvalue weighted by atomic mass is 9.96. The molecule has 0 bridgehead atoms. The maximum atomic E-state index is 12.4. The number of sulfone groups is 1. The minimum Gasteiger partial charge on any atom is -0.352 e. The minimum atomic E-state index is -2.86. The smallest absolute Gasteiger partial charge is 0.223 e. The molecule has 1 saturated carbocycles. The molecule has 1 heterocycles. The van der Waals surface area contributed by atoms with Crippen LogP contribution in [0.1, 0.15) is 37.3 Å². The quantitative estimate of drug-likeness (QED) is 0.923. The summed E-state index contributed by atoms with van der Waals surface area (Å²) in [5.74, 6) is 0.590. The van der Waals surface area contributed by atoms with E-state index in [-0.39, 0.29) is 28.7 Å². The number of carbonyl (C=O) groups excluding carboxylic acids is 1. The summed E-state index contributed by atoms with van der Waals surface area (Å²) in [6.07, 6.45) is 3.11. The van der Waals surface area contributed by atoms with Gasteiger partial charge in [0.15, 0.2) is 0 Å². The molecule has 0 unspecified atom stereocenters. The first kappa shape index (κ1) is 15.5. The van der Waals surface area contributed by atoms with Crippen LogP contribution in [0.5, 0.6) is 0 Å². The standard InChI is InChI=1S/C17H23NO3S/c1-2-13-5-3-4-6-14(13)12-18-16(19)15-11-17(15)7-9-22(20,21)10-8-17/h3-6,15H,2,7-12H2,1H3,(H,18,19)/t15-/m1/s1. The van der Waals surface area contributed by atoms with E-state index < -0.39 is 9.84 Å². The SMILES string of the molecule is CCc1ccccc1CNC(=O)[C@H]1CC12CCS(=O)(=O)CC2. The zero-order chi connectivity index (χ0) is 15.8. The van der Waals surface area contributed by atoms with Crippen LogP contribution in [-0.2, 0) is 27.6 Å². The molecule has 1 spiro atoms. The van der Waals surface area contributed by atoms with Crippen molar-refractivity contribution in [2.75, 3.05) is 11.5 Å². The van der Waals surface area contributed by atoms with Gasteiger partial charge in [0.25, 0.3) is 0 Å². The molecule has 1 aliphatic heterocycles. The Balaban J connectivity index is 1.56. The van der Waals surface area contributed by atoms with Gasteiger partial charge in [-0.1, -0.05) is 31.2 Å². The normalized spacial score (nSPS) is 24.9. The predicted molar refractivity (Wildman–Crippen MR) is 86.1 cm³/mol. The molecule has 4 nitrogen and oxygen atoms in total. The first-order chi connectivity index (χ1) is 10.5. The van der Waals surface area contributed by atoms with Crippen LogP contribution >= 0.6 is 0 Å². The van der Waals surface area contributed by atoms with Gasteiger partial charge in [-0.15, -0.1) is 0 Å². The van der Waals surface area contributed by atoms with Crippen LogP contribution in [0, 0.1) is 11.3 Å². The highest BCUT2D eigenvalue weighted by Gasteiger charge is 2.59. The van der Waals surface area contributed by atoms with Crippen molar-refractivity contribution >= 4 is 15.7 Å². The van der Waals surface area contributed by atoms with Crippen molar-refractivity contribution in [2.24, 2.45) is 11.3 Å². The lowest BCUT2D eigenvalue weighted by Gasteiger charge is -2.22. The highest BCUT2D eigenvalue weighted by Crippen LogP contribution is 2.59. The van der Waals surface area contributed by atoms with E-state index in [1.54, 1.807) is 0 Å². The average molecular weight is 321 g/mol. The van der Waals surface area contributed by atoms with Crippen molar-refractivity contribution in [3.63, 3.8) is 0 Å². The molecule has 2 aliphatic rings. The molecule has 0 aromatic heterocycles. The van der Waals surface area contributed by atoms with Gasteiger partial charge in [-0.3, -0.25) is 4.79 Å². The van der Waals surface area contributed by atoms with Crippen LogP contribution in [0.25, 0.3) is 0 Å². The van der Waals surface area contributed by atoms with Gasteiger partial charge in [-0.2, -0.15) is 0 Å². The topological polar surface area (TPSA) is 63.2 Å². The van der Waals surface area contributed by atoms with Crippen LogP contribution in [0.15, 0.2) is 24.3 Å². The Morgan fingerprint density at radius 3 is 2.50 bits per heavy atom. The van der Waals surface area contributed by atoms with E-state index in [0.717, 1.165) is 12.8 Å². The van der Waals surface area contributed by atoms with Gasteiger partial charge < -0.3 is 5.32 Å². The van der Waals surface area contributed by atoms with Crippen molar-refractivity contribution < 1.29 is 13.2 Å². The molecule has 22 heavy (non-hydrogen) atoms. The van der Waals surface area contributed by atoms with E-state index >= 15 is 0 Å². The highest BCUT2D eigenvalue weighted by atomic mass is 32.2. The molecule has 1 aromatic rings. The minimum absolute atomic E-state index is 0.0109. The summed E-state index contributed by atoms with van der Waals surface area (Å²) >= 11 is 0. The lowest BCUT2D eigenvalue weighted by Crippen LogP contribution is -2.31. The second-order valence-electron chi connectivity index (χ2n) is 6.61. The molecule has 1 atom stereocenters. The van der Waals surface area contributed by atoms with Crippen LogP contribution < -0.4 is 5.32 Å². The largest absolute Gasteiger partial charge is 0.352 e. The Bertz CT molecular complexity index is 667. The molecule has 0 radical (unpaired) electrons. The Kier molecular flexibility index (Phi) is 4.02. The number of hydrogen-bond acceptors (Lipinski definition) is 3. The highest BCUT2D eigenvalue weighted by molar-refractivity contribution is 7.91. The fourth-order valence-corrected chi connectivity index (χ4v) is 5.24. The Hall–Kier alpha value is -1.36. The van der Waals surface area contributed by atoms with Crippen LogP contribution in [0.4, 0.5) is 0 Å². The van der Waals surface area contributed by atoms with Gasteiger partial charge in [-0.25, -0.2) is 8.42 Å². The number of carbonyl (C=O) groups is 1. The van der Waals surface area contributed by atoms with Gasteiger partial charge >= 0.3 is 0 Å². The first-order valence-electron chi connectivity index (χ1n) is 8.01. The van der Waals surface area contributed by atoms with E-state index in [2.05, 4.69) is 24.4 Å². The fraction of sp³-hybridized carbons (Fsp3) is 0.588. The Morgan fingerprint density at radius 1 is 1.23 bits per heavy atom. The zero-order valence-corrected chi connectivity index (χ0v) is 13.8. The number of amides is 1. The summed E-state index contributed by atoms with van der Waals surface area (Å²) in [5, 5.41) is 3.04. The summed E-state index contributed by atoms with van der Waals surface area (Å²) in [7, 11) is -2.86. The third-order valence-electron chi connectivity index (χ3n) is 5.28. The van der Waals surface area contributed by atoms with E-state index in [1.165, 1.54) is 11.1 Å². The predicted octanol–water partition coefficient (Wildman–Crippen LogP) is 2.08. The maximum absolute atomic E-state index is 12.4. The number of hydrogen-bond donors (Lipinski definition) is 1. The summed E-state index contributed by atoms with van der Waals surface area (Å²) < 4.78 is 23.0.